The van der Waals surface area contributed by atoms with Crippen molar-refractivity contribution in [1.82, 2.24) is 20.2 Å². The van der Waals surface area contributed by atoms with Crippen LogP contribution in [0.2, 0.25) is 0 Å². The Morgan fingerprint density at radius 3 is 3.00 bits per heavy atom. The Bertz CT molecular complexity index is 962. The molecule has 0 amide bonds. The van der Waals surface area contributed by atoms with Gasteiger partial charge in [-0.05, 0) is 30.5 Å². The van der Waals surface area contributed by atoms with E-state index in [1.165, 1.54) is 0 Å². The normalized spacial score (nSPS) is 12.6. The number of nitrogens with zero attached hydrogens (tertiary/aromatic N) is 3. The number of aromatic amines is 1. The lowest BCUT2D eigenvalue weighted by Gasteiger charge is -2.02. The van der Waals surface area contributed by atoms with E-state index in [-0.39, 0.29) is 5.25 Å². The van der Waals surface area contributed by atoms with E-state index in [4.69, 9.17) is 9.15 Å². The molecule has 3 aromatic heterocycles. The van der Waals surface area contributed by atoms with Gasteiger partial charge in [0.05, 0.1) is 28.3 Å². The lowest BCUT2D eigenvalue weighted by atomic mass is 10.3. The molecule has 1 N–H and O–H groups in total. The summed E-state index contributed by atoms with van der Waals surface area (Å²) in [5.41, 5.74) is 1.84. The third-order valence-corrected chi connectivity index (χ3v) is 5.31. The zero-order valence-electron chi connectivity index (χ0n) is 13.0. The van der Waals surface area contributed by atoms with E-state index in [0.717, 1.165) is 26.8 Å². The Kier molecular flexibility index (Phi) is 3.99. The van der Waals surface area contributed by atoms with Crippen LogP contribution in [0.25, 0.3) is 21.8 Å². The molecule has 0 spiro atoms. The van der Waals surface area contributed by atoms with Crippen LogP contribution in [-0.4, -0.2) is 27.3 Å². The van der Waals surface area contributed by atoms with Crippen LogP contribution in [0.4, 0.5) is 0 Å². The Morgan fingerprint density at radius 1 is 1.29 bits per heavy atom. The van der Waals surface area contributed by atoms with E-state index in [1.807, 2.05) is 42.6 Å². The molecule has 0 bridgehead atoms. The number of fused-ring (bicyclic) bond motifs is 1. The Hall–Kier alpha value is -2.32. The van der Waals surface area contributed by atoms with Gasteiger partial charge in [0, 0.05) is 6.07 Å². The molecule has 0 saturated carbocycles. The summed E-state index contributed by atoms with van der Waals surface area (Å²) in [6.07, 6.45) is 0. The molecule has 1 unspecified atom stereocenters. The van der Waals surface area contributed by atoms with E-state index in [0.29, 0.717) is 11.8 Å². The van der Waals surface area contributed by atoms with Crippen molar-refractivity contribution in [1.29, 1.82) is 0 Å². The summed E-state index contributed by atoms with van der Waals surface area (Å²) in [4.78, 5) is 8.84. The first-order valence-corrected chi connectivity index (χ1v) is 9.06. The molecule has 8 heteroatoms. The Balaban J connectivity index is 1.54. The summed E-state index contributed by atoms with van der Waals surface area (Å²) in [6.45, 7) is 2.02. The van der Waals surface area contributed by atoms with Crippen molar-refractivity contribution in [2.45, 2.75) is 17.3 Å². The second-order valence-corrected chi connectivity index (χ2v) is 7.39. The van der Waals surface area contributed by atoms with Gasteiger partial charge in [0.2, 0.25) is 5.89 Å². The van der Waals surface area contributed by atoms with Gasteiger partial charge in [-0.25, -0.2) is 4.98 Å². The largest absolute Gasteiger partial charge is 0.497 e. The monoisotopic (exact) mass is 358 g/mol. The average Bonchev–Trinajstić information content (AvgIpc) is 3.32. The van der Waals surface area contributed by atoms with Gasteiger partial charge in [0.25, 0.3) is 5.89 Å². The summed E-state index contributed by atoms with van der Waals surface area (Å²) in [5, 5.41) is 11.1. The number of hydrogen-bond donors (Lipinski definition) is 1. The molecule has 0 aliphatic heterocycles. The fourth-order valence-electron chi connectivity index (χ4n) is 2.26. The SMILES string of the molecule is COc1ccc2nc(SC(C)c3nnc(-c4cccs4)o3)[nH]c2c1. The summed E-state index contributed by atoms with van der Waals surface area (Å²) in [7, 11) is 1.65. The van der Waals surface area contributed by atoms with Crippen LogP contribution < -0.4 is 4.74 Å². The summed E-state index contributed by atoms with van der Waals surface area (Å²) in [5.74, 6) is 1.94. The van der Waals surface area contributed by atoms with Crippen LogP contribution in [0, 0.1) is 0 Å². The van der Waals surface area contributed by atoms with Gasteiger partial charge in [0.1, 0.15) is 5.75 Å². The van der Waals surface area contributed by atoms with Gasteiger partial charge in [-0.15, -0.1) is 21.5 Å². The highest BCUT2D eigenvalue weighted by Gasteiger charge is 2.18. The number of thioether (sulfide) groups is 1. The molecule has 0 aliphatic carbocycles. The molecule has 4 rings (SSSR count). The van der Waals surface area contributed by atoms with Gasteiger partial charge in [0.15, 0.2) is 5.16 Å². The van der Waals surface area contributed by atoms with Crippen LogP contribution >= 0.6 is 23.1 Å². The molecule has 4 aromatic rings. The van der Waals surface area contributed by atoms with Crippen molar-refractivity contribution < 1.29 is 9.15 Å². The number of H-pyrrole nitrogens is 1. The van der Waals surface area contributed by atoms with Gasteiger partial charge in [-0.2, -0.15) is 0 Å². The summed E-state index contributed by atoms with van der Waals surface area (Å²) >= 11 is 3.12. The van der Waals surface area contributed by atoms with Gasteiger partial charge in [-0.1, -0.05) is 17.8 Å². The maximum Gasteiger partial charge on any atom is 0.257 e. The molecule has 0 aliphatic rings. The average molecular weight is 358 g/mol. The molecule has 3 heterocycles. The molecule has 1 atom stereocenters. The zero-order chi connectivity index (χ0) is 16.5. The molecule has 0 saturated heterocycles. The quantitative estimate of drug-likeness (QED) is 0.528. The van der Waals surface area contributed by atoms with Crippen LogP contribution in [0.5, 0.6) is 5.75 Å². The number of rotatable bonds is 5. The van der Waals surface area contributed by atoms with Crippen molar-refractivity contribution in [2.24, 2.45) is 0 Å². The maximum absolute atomic E-state index is 5.78. The van der Waals surface area contributed by atoms with E-state index in [1.54, 1.807) is 30.2 Å². The van der Waals surface area contributed by atoms with Crippen LogP contribution in [-0.2, 0) is 0 Å². The molecule has 1 aromatic carbocycles. The number of nitrogens with one attached hydrogen (secondary N) is 1. The first-order valence-electron chi connectivity index (χ1n) is 7.30. The fraction of sp³-hybridized carbons (Fsp3) is 0.188. The number of thiophene rings is 1. The number of ether oxygens (including phenoxy) is 1. The molecule has 24 heavy (non-hydrogen) atoms. The number of aromatic nitrogens is 4. The van der Waals surface area contributed by atoms with Crippen LogP contribution in [0.15, 0.2) is 45.3 Å². The van der Waals surface area contributed by atoms with Crippen LogP contribution in [0.1, 0.15) is 18.1 Å². The second-order valence-electron chi connectivity index (χ2n) is 5.11. The van der Waals surface area contributed by atoms with Crippen molar-refractivity contribution in [2.75, 3.05) is 7.11 Å². The Morgan fingerprint density at radius 2 is 2.21 bits per heavy atom. The number of benzene rings is 1. The standard InChI is InChI=1S/C16H14N4O2S2/c1-9(14-19-20-15(22-14)13-4-3-7-23-13)24-16-17-11-6-5-10(21-2)8-12(11)18-16/h3-9H,1-2H3,(H,17,18). The number of methoxy groups -OCH3 is 1. The first-order chi connectivity index (χ1) is 11.7. The summed E-state index contributed by atoms with van der Waals surface area (Å²) < 4.78 is 11.0. The molecule has 6 nitrogen and oxygen atoms in total. The van der Waals surface area contributed by atoms with E-state index >= 15 is 0 Å². The van der Waals surface area contributed by atoms with Crippen LogP contribution in [0.3, 0.4) is 0 Å². The van der Waals surface area contributed by atoms with E-state index in [2.05, 4.69) is 20.2 Å². The predicted molar refractivity (Wildman–Crippen MR) is 94.5 cm³/mol. The Labute approximate surface area is 146 Å². The van der Waals surface area contributed by atoms with Gasteiger partial charge in [-0.3, -0.25) is 0 Å². The lowest BCUT2D eigenvalue weighted by molar-refractivity contribution is 0.415. The topological polar surface area (TPSA) is 76.8 Å². The van der Waals surface area contributed by atoms with E-state index < -0.39 is 0 Å². The summed E-state index contributed by atoms with van der Waals surface area (Å²) in [6, 6.07) is 9.68. The minimum absolute atomic E-state index is 0.00586. The smallest absolute Gasteiger partial charge is 0.257 e. The molecule has 122 valence electrons. The van der Waals surface area contributed by atoms with Gasteiger partial charge >= 0.3 is 0 Å². The highest BCUT2D eigenvalue weighted by molar-refractivity contribution is 7.99. The van der Waals surface area contributed by atoms with Crippen molar-refractivity contribution >= 4 is 34.1 Å². The lowest BCUT2D eigenvalue weighted by Crippen LogP contribution is -1.89. The molecule has 0 radical (unpaired) electrons. The molecular formula is C16H14N4O2S2. The predicted octanol–water partition coefficient (Wildman–Crippen LogP) is 4.54. The first kappa shape index (κ1) is 15.2. The highest BCUT2D eigenvalue weighted by atomic mass is 32.2. The molecule has 0 fully saturated rings. The van der Waals surface area contributed by atoms with Crippen molar-refractivity contribution in [3.8, 4) is 16.5 Å². The van der Waals surface area contributed by atoms with Gasteiger partial charge < -0.3 is 14.1 Å². The highest BCUT2D eigenvalue weighted by Crippen LogP contribution is 2.35. The third-order valence-electron chi connectivity index (χ3n) is 3.48. The van der Waals surface area contributed by atoms with Crippen molar-refractivity contribution in [3.63, 3.8) is 0 Å². The number of imidazole rings is 1. The maximum atomic E-state index is 5.78. The molecular weight excluding hydrogens is 344 g/mol. The third kappa shape index (κ3) is 2.90. The minimum Gasteiger partial charge on any atom is -0.497 e. The minimum atomic E-state index is -0.00586. The van der Waals surface area contributed by atoms with Crippen molar-refractivity contribution in [3.05, 3.63) is 41.6 Å². The second kappa shape index (κ2) is 6.29. The van der Waals surface area contributed by atoms with E-state index in [9.17, 15) is 0 Å². The fourth-order valence-corrected chi connectivity index (χ4v) is 3.76. The zero-order valence-corrected chi connectivity index (χ0v) is 14.6. The number of hydrogen-bond acceptors (Lipinski definition) is 7.